The smallest absolute Gasteiger partial charge is 0.251 e. The van der Waals surface area contributed by atoms with Gasteiger partial charge in [0.1, 0.15) is 0 Å². The van der Waals surface area contributed by atoms with E-state index >= 15 is 0 Å². The minimum atomic E-state index is -0.500. The lowest BCUT2D eigenvalue weighted by atomic mass is 11.0. The Morgan fingerprint density at radius 1 is 0.846 bits per heavy atom. The Morgan fingerprint density at radius 3 is 0.846 bits per heavy atom. The van der Waals surface area contributed by atoms with Gasteiger partial charge in [-0.3, -0.25) is 0 Å². The first kappa shape index (κ1) is 29.5. The maximum absolute atomic E-state index is 7.56. The predicted octanol–water partition coefficient (Wildman–Crippen LogP) is 1.79. The Labute approximate surface area is 90.7 Å². The number of aliphatic hydroxyl groups is 2. The minimum Gasteiger partial charge on any atom is -0.487 e. The van der Waals surface area contributed by atoms with E-state index in [9.17, 15) is 0 Å². The normalized spacial score (nSPS) is 4.62. The quantitative estimate of drug-likeness (QED) is 0.402. The van der Waals surface area contributed by atoms with Crippen molar-refractivity contribution in [2.24, 2.45) is 11.5 Å². The molecule has 0 radical (unpaired) electrons. The molecule has 0 heterocycles. The van der Waals surface area contributed by atoms with Gasteiger partial charge in [0.2, 0.25) is 0 Å². The molecule has 0 aromatic carbocycles. The second kappa shape index (κ2) is 42.5. The van der Waals surface area contributed by atoms with Crippen molar-refractivity contribution in [2.75, 3.05) is 0 Å². The van der Waals surface area contributed by atoms with Crippen LogP contribution in [0, 0.1) is 0 Å². The fourth-order valence-corrected chi connectivity index (χ4v) is 0. The predicted molar refractivity (Wildman–Crippen MR) is 66.5 cm³/mol. The van der Waals surface area contributed by atoms with Crippen LogP contribution in [-0.4, -0.2) is 20.6 Å². The third kappa shape index (κ3) is 2270. The van der Waals surface area contributed by atoms with Crippen molar-refractivity contribution in [2.45, 2.75) is 27.7 Å². The molecule has 5 nitrogen and oxygen atoms in total. The molecule has 0 saturated carbocycles. The zero-order chi connectivity index (χ0) is 11.2. The first-order chi connectivity index (χ1) is 5.46. The van der Waals surface area contributed by atoms with Crippen molar-refractivity contribution in [3.05, 3.63) is 0 Å². The highest BCUT2D eigenvalue weighted by Gasteiger charge is 1.57. The Balaban J connectivity index is -0.0000000226. The molecule has 0 aromatic rings. The van der Waals surface area contributed by atoms with Crippen molar-refractivity contribution in [3.63, 3.8) is 0 Å². The van der Waals surface area contributed by atoms with Crippen molar-refractivity contribution >= 4 is 34.8 Å². The molecule has 0 bridgehead atoms. The summed E-state index contributed by atoms with van der Waals surface area (Å²) in [5.41, 5.74) is 8.80. The molecule has 0 aliphatic heterocycles. The van der Waals surface area contributed by atoms with Crippen LogP contribution in [0.5, 0.6) is 0 Å². The molecule has 0 aliphatic rings. The summed E-state index contributed by atoms with van der Waals surface area (Å²) in [7, 11) is 0. The van der Waals surface area contributed by atoms with Crippen LogP contribution in [0.15, 0.2) is 0 Å². The second-order valence-electron chi connectivity index (χ2n) is 0.676. The molecule has 7 heteroatoms. The van der Waals surface area contributed by atoms with Crippen molar-refractivity contribution in [3.8, 4) is 0 Å². The molecule has 0 unspecified atom stereocenters. The number of aliphatic hydroxyl groups excluding tert-OH is 2. The monoisotopic (exact) mass is 231 g/mol. The number of rotatable bonds is 0. The van der Waals surface area contributed by atoms with E-state index in [0.29, 0.717) is 0 Å². The van der Waals surface area contributed by atoms with Gasteiger partial charge in [-0.1, -0.05) is 27.7 Å². The summed E-state index contributed by atoms with van der Waals surface area (Å²) in [5, 5.41) is 14.1. The van der Waals surface area contributed by atoms with Gasteiger partial charge in [0.25, 0.3) is 10.3 Å². The van der Waals surface area contributed by atoms with Gasteiger partial charge in [-0.2, -0.15) is 0 Å². The molecule has 13 heavy (non-hydrogen) atoms. The van der Waals surface area contributed by atoms with Gasteiger partial charge < -0.3 is 27.8 Å². The summed E-state index contributed by atoms with van der Waals surface area (Å²) in [5.74, 6) is 0. The van der Waals surface area contributed by atoms with Crippen molar-refractivity contribution < 1.29 is 10.2 Å². The van der Waals surface area contributed by atoms with E-state index in [4.69, 9.17) is 10.2 Å². The highest BCUT2D eigenvalue weighted by atomic mass is 32.1. The van der Waals surface area contributed by atoms with Gasteiger partial charge in [0, 0.05) is 0 Å². The van der Waals surface area contributed by atoms with E-state index < -0.39 is 10.3 Å². The van der Waals surface area contributed by atoms with Crippen LogP contribution < -0.4 is 17.6 Å². The Hall–Kier alpha value is -0.660. The van der Waals surface area contributed by atoms with E-state index in [0.717, 1.165) is 0 Å². The second-order valence-corrected chi connectivity index (χ2v) is 1.51. The Kier molecular flexibility index (Phi) is 96.3. The zero-order valence-electron chi connectivity index (χ0n) is 8.57. The van der Waals surface area contributed by atoms with Gasteiger partial charge in [0.15, 0.2) is 0 Å². The molecule has 0 spiro atoms. The molecule has 9 N–H and O–H groups in total. The topological polar surface area (TPSA) is 128 Å². The Morgan fingerprint density at radius 2 is 0.846 bits per heavy atom. The fraction of sp³-hybridized carbons (Fsp3) is 0.667. The van der Waals surface area contributed by atoms with Crippen LogP contribution in [0.3, 0.4) is 0 Å². The van der Waals surface area contributed by atoms with Crippen molar-refractivity contribution in [1.29, 1.82) is 0 Å². The molecule has 0 aliphatic carbocycles. The third-order valence-corrected chi connectivity index (χ3v) is 0. The van der Waals surface area contributed by atoms with Gasteiger partial charge in [-0.15, -0.1) is 0 Å². The first-order valence-electron chi connectivity index (χ1n) is 3.43. The van der Waals surface area contributed by atoms with E-state index in [1.165, 1.54) is 0 Å². The lowest BCUT2D eigenvalue weighted by Crippen LogP contribution is -2.03. The van der Waals surface area contributed by atoms with E-state index in [2.05, 4.69) is 35.9 Å². The molecule has 0 amide bonds. The minimum absolute atomic E-state index is 0. The first-order valence-corrected chi connectivity index (χ1v) is 4.25. The van der Waals surface area contributed by atoms with Gasteiger partial charge >= 0.3 is 0 Å². The number of thiocarbonyl (C=S) groups is 2. The molecule has 0 saturated heterocycles. The van der Waals surface area contributed by atoms with Crippen LogP contribution in [-0.2, 0) is 0 Å². The molecular weight excluding hydrogens is 210 g/mol. The molecule has 0 fully saturated rings. The summed E-state index contributed by atoms with van der Waals surface area (Å²) < 4.78 is 0. The van der Waals surface area contributed by atoms with Crippen LogP contribution in [0.25, 0.3) is 0 Å². The number of nitrogens with two attached hydrogens (primary N) is 2. The molecular formula is C6H21N3O2S2. The van der Waals surface area contributed by atoms with Crippen molar-refractivity contribution in [1.82, 2.24) is 6.15 Å². The maximum atomic E-state index is 7.56. The number of hydrogen-bond acceptors (Lipinski definition) is 3. The SMILES string of the molecule is CC.CC.N.NC(O)=S.NC(O)=S. The van der Waals surface area contributed by atoms with Crippen LogP contribution in [0.2, 0.25) is 0 Å². The van der Waals surface area contributed by atoms with Gasteiger partial charge in [0.05, 0.1) is 0 Å². The van der Waals surface area contributed by atoms with E-state index in [1.54, 1.807) is 0 Å². The maximum Gasteiger partial charge on any atom is 0.251 e. The van der Waals surface area contributed by atoms with Gasteiger partial charge in [-0.05, 0) is 24.4 Å². The molecule has 0 rings (SSSR count). The average molecular weight is 231 g/mol. The number of hydrogen-bond donors (Lipinski definition) is 5. The van der Waals surface area contributed by atoms with Gasteiger partial charge in [-0.25, -0.2) is 0 Å². The highest BCUT2D eigenvalue weighted by molar-refractivity contribution is 7.80. The molecule has 84 valence electrons. The molecule has 0 aromatic heterocycles. The lowest BCUT2D eigenvalue weighted by molar-refractivity contribution is 0.559. The van der Waals surface area contributed by atoms with Crippen LogP contribution in [0.1, 0.15) is 27.7 Å². The summed E-state index contributed by atoms with van der Waals surface area (Å²) in [6.07, 6.45) is 0. The third-order valence-electron chi connectivity index (χ3n) is 0. The molecule has 0 atom stereocenters. The van der Waals surface area contributed by atoms with Crippen LogP contribution in [0.4, 0.5) is 0 Å². The zero-order valence-corrected chi connectivity index (χ0v) is 10.2. The van der Waals surface area contributed by atoms with E-state index in [-0.39, 0.29) is 6.15 Å². The summed E-state index contributed by atoms with van der Waals surface area (Å²) in [6, 6.07) is 0. The van der Waals surface area contributed by atoms with Crippen LogP contribution >= 0.6 is 24.4 Å². The summed E-state index contributed by atoms with van der Waals surface area (Å²) >= 11 is 7.74. The standard InChI is InChI=1S/2C2H6.2CH3NOS.H3N/c2*1-2;2*2-1(3)4;/h2*1-2H3;2*(H3,2,3,4);1H3. The largest absolute Gasteiger partial charge is 0.487 e. The average Bonchev–Trinajstić information content (AvgIpc) is 1.93. The highest BCUT2D eigenvalue weighted by Crippen LogP contribution is 1.40. The summed E-state index contributed by atoms with van der Waals surface area (Å²) in [6.45, 7) is 8.00. The fourth-order valence-electron chi connectivity index (χ4n) is 0. The summed E-state index contributed by atoms with van der Waals surface area (Å²) in [4.78, 5) is 0. The van der Waals surface area contributed by atoms with E-state index in [1.807, 2.05) is 27.7 Å². The Bertz CT molecular complexity index is 81.9. The lowest BCUT2D eigenvalue weighted by Gasteiger charge is -1.67.